The summed E-state index contributed by atoms with van der Waals surface area (Å²) in [6.07, 6.45) is 0.944. The minimum atomic E-state index is 0.376. The molecule has 2 aromatic rings. The number of aryl methyl sites for hydroxylation is 2. The first kappa shape index (κ1) is 12.3. The second-order valence-electron chi connectivity index (χ2n) is 4.30. The fourth-order valence-corrected chi connectivity index (χ4v) is 2.91. The van der Waals surface area contributed by atoms with Crippen LogP contribution in [0.4, 0.5) is 0 Å². The first-order chi connectivity index (χ1) is 8.20. The molecule has 0 saturated carbocycles. The molecule has 2 rings (SSSR count). The summed E-state index contributed by atoms with van der Waals surface area (Å²) in [6.45, 7) is 4.85. The standard InChI is InChI=1S/C14H18N2S/c1-10-11(2)17-14(16-10)8-13(9-15)12-6-4-3-5-7-12/h3-7,13H,8-9,15H2,1-2H3. The summed E-state index contributed by atoms with van der Waals surface area (Å²) in [5.41, 5.74) is 8.33. The van der Waals surface area contributed by atoms with Gasteiger partial charge in [-0.25, -0.2) is 4.98 Å². The number of thiazole rings is 1. The molecule has 2 N–H and O–H groups in total. The van der Waals surface area contributed by atoms with Crippen LogP contribution in [0.25, 0.3) is 0 Å². The van der Waals surface area contributed by atoms with Crippen molar-refractivity contribution < 1.29 is 0 Å². The van der Waals surface area contributed by atoms with Gasteiger partial charge in [-0.2, -0.15) is 0 Å². The van der Waals surface area contributed by atoms with Gasteiger partial charge in [0.2, 0.25) is 0 Å². The minimum Gasteiger partial charge on any atom is -0.330 e. The lowest BCUT2D eigenvalue weighted by Crippen LogP contribution is -2.14. The van der Waals surface area contributed by atoms with Gasteiger partial charge in [-0.3, -0.25) is 0 Å². The zero-order chi connectivity index (χ0) is 12.3. The predicted molar refractivity (Wildman–Crippen MR) is 73.5 cm³/mol. The number of hydrogen-bond acceptors (Lipinski definition) is 3. The molecule has 1 heterocycles. The van der Waals surface area contributed by atoms with Crippen molar-refractivity contribution in [3.05, 3.63) is 51.5 Å². The van der Waals surface area contributed by atoms with Gasteiger partial charge in [0.25, 0.3) is 0 Å². The molecule has 90 valence electrons. The molecule has 0 aliphatic rings. The second kappa shape index (κ2) is 5.43. The Labute approximate surface area is 107 Å². The lowest BCUT2D eigenvalue weighted by Gasteiger charge is -2.13. The molecule has 0 bridgehead atoms. The highest BCUT2D eigenvalue weighted by Gasteiger charge is 2.13. The SMILES string of the molecule is Cc1nc(CC(CN)c2ccccc2)sc1C. The summed E-state index contributed by atoms with van der Waals surface area (Å²) in [7, 11) is 0. The lowest BCUT2D eigenvalue weighted by atomic mass is 9.96. The van der Waals surface area contributed by atoms with Crippen LogP contribution in [0.2, 0.25) is 0 Å². The summed E-state index contributed by atoms with van der Waals surface area (Å²) in [4.78, 5) is 5.90. The van der Waals surface area contributed by atoms with E-state index in [1.54, 1.807) is 11.3 Å². The molecule has 0 fully saturated rings. The third kappa shape index (κ3) is 2.93. The van der Waals surface area contributed by atoms with Crippen LogP contribution in [0.1, 0.15) is 27.1 Å². The molecule has 1 atom stereocenters. The molecule has 0 aliphatic carbocycles. The van der Waals surface area contributed by atoms with Crippen LogP contribution < -0.4 is 5.73 Å². The van der Waals surface area contributed by atoms with Crippen molar-refractivity contribution in [3.8, 4) is 0 Å². The van der Waals surface area contributed by atoms with Gasteiger partial charge in [-0.05, 0) is 26.0 Å². The van der Waals surface area contributed by atoms with Gasteiger partial charge in [-0.1, -0.05) is 30.3 Å². The highest BCUT2D eigenvalue weighted by Crippen LogP contribution is 2.24. The normalized spacial score (nSPS) is 12.6. The average Bonchev–Trinajstić information content (AvgIpc) is 2.67. The minimum absolute atomic E-state index is 0.376. The Morgan fingerprint density at radius 2 is 1.94 bits per heavy atom. The molecule has 0 radical (unpaired) electrons. The Morgan fingerprint density at radius 3 is 2.47 bits per heavy atom. The molecule has 0 amide bonds. The zero-order valence-corrected chi connectivity index (χ0v) is 11.1. The van der Waals surface area contributed by atoms with Gasteiger partial charge in [-0.15, -0.1) is 11.3 Å². The summed E-state index contributed by atoms with van der Waals surface area (Å²) < 4.78 is 0. The molecule has 1 aromatic carbocycles. The van der Waals surface area contributed by atoms with Gasteiger partial charge >= 0.3 is 0 Å². The Hall–Kier alpha value is -1.19. The first-order valence-corrected chi connectivity index (χ1v) is 6.70. The van der Waals surface area contributed by atoms with Crippen LogP contribution in [-0.4, -0.2) is 11.5 Å². The van der Waals surface area contributed by atoms with Crippen LogP contribution >= 0.6 is 11.3 Å². The maximum absolute atomic E-state index is 5.87. The zero-order valence-electron chi connectivity index (χ0n) is 10.3. The maximum atomic E-state index is 5.87. The first-order valence-electron chi connectivity index (χ1n) is 5.88. The number of aromatic nitrogens is 1. The number of nitrogens with zero attached hydrogens (tertiary/aromatic N) is 1. The second-order valence-corrected chi connectivity index (χ2v) is 5.58. The van der Waals surface area contributed by atoms with E-state index in [0.717, 1.165) is 12.1 Å². The van der Waals surface area contributed by atoms with E-state index in [0.29, 0.717) is 12.5 Å². The van der Waals surface area contributed by atoms with Gasteiger partial charge < -0.3 is 5.73 Å². The Bertz CT molecular complexity index is 457. The third-order valence-corrected chi connectivity index (χ3v) is 4.14. The molecule has 0 saturated heterocycles. The van der Waals surface area contributed by atoms with E-state index in [4.69, 9.17) is 5.73 Å². The average molecular weight is 246 g/mol. The van der Waals surface area contributed by atoms with Crippen molar-refractivity contribution in [2.45, 2.75) is 26.2 Å². The van der Waals surface area contributed by atoms with Crippen LogP contribution in [0.5, 0.6) is 0 Å². The van der Waals surface area contributed by atoms with E-state index in [1.807, 2.05) is 6.07 Å². The van der Waals surface area contributed by atoms with Crippen molar-refractivity contribution in [3.63, 3.8) is 0 Å². The molecule has 2 nitrogen and oxygen atoms in total. The third-order valence-electron chi connectivity index (χ3n) is 3.05. The number of nitrogens with two attached hydrogens (primary N) is 1. The predicted octanol–water partition coefficient (Wildman–Crippen LogP) is 3.04. The summed E-state index contributed by atoms with van der Waals surface area (Å²) >= 11 is 1.79. The fraction of sp³-hybridized carbons (Fsp3) is 0.357. The molecule has 3 heteroatoms. The fourth-order valence-electron chi connectivity index (χ4n) is 1.90. The van der Waals surface area contributed by atoms with Gasteiger partial charge in [0.15, 0.2) is 0 Å². The molecular weight excluding hydrogens is 228 g/mol. The summed E-state index contributed by atoms with van der Waals surface area (Å²) in [6, 6.07) is 10.5. The monoisotopic (exact) mass is 246 g/mol. The van der Waals surface area contributed by atoms with Crippen molar-refractivity contribution in [1.82, 2.24) is 4.98 Å². The summed E-state index contributed by atoms with van der Waals surface area (Å²) in [5, 5.41) is 1.19. The number of hydrogen-bond donors (Lipinski definition) is 1. The van der Waals surface area contributed by atoms with E-state index >= 15 is 0 Å². The van der Waals surface area contributed by atoms with E-state index in [2.05, 4.69) is 43.1 Å². The van der Waals surface area contributed by atoms with Gasteiger partial charge in [0, 0.05) is 17.2 Å². The van der Waals surface area contributed by atoms with E-state index in [-0.39, 0.29) is 0 Å². The van der Waals surface area contributed by atoms with Crippen molar-refractivity contribution in [2.75, 3.05) is 6.54 Å². The largest absolute Gasteiger partial charge is 0.330 e. The smallest absolute Gasteiger partial charge is 0.0937 e. The maximum Gasteiger partial charge on any atom is 0.0937 e. The van der Waals surface area contributed by atoms with Crippen molar-refractivity contribution in [2.24, 2.45) is 5.73 Å². The molecular formula is C14H18N2S. The van der Waals surface area contributed by atoms with Crippen LogP contribution in [0.3, 0.4) is 0 Å². The molecule has 0 spiro atoms. The Kier molecular flexibility index (Phi) is 3.92. The van der Waals surface area contributed by atoms with Crippen molar-refractivity contribution in [1.29, 1.82) is 0 Å². The molecule has 17 heavy (non-hydrogen) atoms. The Balaban J connectivity index is 2.15. The molecule has 1 unspecified atom stereocenters. The van der Waals surface area contributed by atoms with Crippen molar-refractivity contribution >= 4 is 11.3 Å². The quantitative estimate of drug-likeness (QED) is 0.900. The van der Waals surface area contributed by atoms with E-state index < -0.39 is 0 Å². The molecule has 0 aliphatic heterocycles. The number of rotatable bonds is 4. The van der Waals surface area contributed by atoms with Crippen LogP contribution in [0, 0.1) is 13.8 Å². The Morgan fingerprint density at radius 1 is 1.24 bits per heavy atom. The number of benzene rings is 1. The highest BCUT2D eigenvalue weighted by molar-refractivity contribution is 7.11. The van der Waals surface area contributed by atoms with Crippen LogP contribution in [-0.2, 0) is 6.42 Å². The van der Waals surface area contributed by atoms with E-state index in [1.165, 1.54) is 15.4 Å². The van der Waals surface area contributed by atoms with Crippen LogP contribution in [0.15, 0.2) is 30.3 Å². The van der Waals surface area contributed by atoms with Gasteiger partial charge in [0.1, 0.15) is 0 Å². The highest BCUT2D eigenvalue weighted by atomic mass is 32.1. The van der Waals surface area contributed by atoms with Gasteiger partial charge in [0.05, 0.1) is 10.7 Å². The summed E-state index contributed by atoms with van der Waals surface area (Å²) in [5.74, 6) is 0.376. The lowest BCUT2D eigenvalue weighted by molar-refractivity contribution is 0.690. The topological polar surface area (TPSA) is 38.9 Å². The molecule has 1 aromatic heterocycles. The van der Waals surface area contributed by atoms with E-state index in [9.17, 15) is 0 Å².